The van der Waals surface area contributed by atoms with E-state index in [2.05, 4.69) is 17.4 Å². The zero-order valence-corrected chi connectivity index (χ0v) is 21.0. The molecule has 0 radical (unpaired) electrons. The maximum absolute atomic E-state index is 13.2. The Bertz CT molecular complexity index is 1310. The normalized spacial score (nSPS) is 26.7. The third-order valence-electron chi connectivity index (χ3n) is 7.77. The second-order valence-electron chi connectivity index (χ2n) is 9.75. The van der Waals surface area contributed by atoms with Gasteiger partial charge in [0, 0.05) is 27.3 Å². The van der Waals surface area contributed by atoms with Crippen molar-refractivity contribution in [3.63, 3.8) is 0 Å². The molecule has 2 aromatic carbocycles. The van der Waals surface area contributed by atoms with E-state index in [1.165, 1.54) is 36.2 Å². The first-order chi connectivity index (χ1) is 16.5. The molecule has 3 aromatic rings. The highest BCUT2D eigenvalue weighted by atomic mass is 32.2. The molecule has 3 aliphatic rings. The average molecular weight is 493 g/mol. The summed E-state index contributed by atoms with van der Waals surface area (Å²) in [4.78, 5) is 27.2. The van der Waals surface area contributed by atoms with Gasteiger partial charge in [-0.05, 0) is 67.7 Å². The standard InChI is InChI=1S/C27H28N2O3S2/c1-15-6-5-7-18(12-15)28-21(30)14-29-26-25(34-27(29)31)23(19-8-3-4-9-20(19)32-2)22-16-10-11-17(13-16)24(22)33-26/h3-9,12,16-17,22-24H,10-11,13-14H2,1-2H3,(H,28,30)/t16?,17?,22?,23-,24?/m1/s1. The lowest BCUT2D eigenvalue weighted by molar-refractivity contribution is -0.116. The SMILES string of the molecule is COc1ccccc1[C@H]1c2sc(=O)n(CC(=O)Nc3cccc(C)c3)c2SC2C3CCC(C3)C21. The summed E-state index contributed by atoms with van der Waals surface area (Å²) in [6, 6.07) is 16.0. The quantitative estimate of drug-likeness (QED) is 0.510. The number of thiazole rings is 1. The second kappa shape index (κ2) is 8.61. The number of para-hydroxylation sites is 1. The maximum atomic E-state index is 13.2. The number of hydrogen-bond acceptors (Lipinski definition) is 5. The molecule has 176 valence electrons. The summed E-state index contributed by atoms with van der Waals surface area (Å²) < 4.78 is 7.48. The molecule has 1 aliphatic heterocycles. The highest BCUT2D eigenvalue weighted by Crippen LogP contribution is 2.64. The molecule has 2 saturated carbocycles. The largest absolute Gasteiger partial charge is 0.496 e. The summed E-state index contributed by atoms with van der Waals surface area (Å²) in [5.74, 6) is 2.76. The van der Waals surface area contributed by atoms with Gasteiger partial charge in [-0.1, -0.05) is 41.7 Å². The molecule has 0 spiro atoms. The van der Waals surface area contributed by atoms with Crippen molar-refractivity contribution in [3.8, 4) is 5.75 Å². The molecular formula is C27H28N2O3S2. The number of carbonyl (C=O) groups is 1. The van der Waals surface area contributed by atoms with Crippen LogP contribution in [0, 0.1) is 24.7 Å². The molecule has 34 heavy (non-hydrogen) atoms. The van der Waals surface area contributed by atoms with Gasteiger partial charge in [-0.3, -0.25) is 14.2 Å². The van der Waals surface area contributed by atoms with Gasteiger partial charge < -0.3 is 10.1 Å². The number of rotatable bonds is 5. The number of amides is 1. The number of hydrogen-bond donors (Lipinski definition) is 1. The van der Waals surface area contributed by atoms with Gasteiger partial charge in [-0.15, -0.1) is 11.8 Å². The second-order valence-corrected chi connectivity index (χ2v) is 11.9. The molecule has 5 nitrogen and oxygen atoms in total. The molecule has 2 fully saturated rings. The van der Waals surface area contributed by atoms with Crippen LogP contribution in [-0.4, -0.2) is 22.8 Å². The number of ether oxygens (including phenoxy) is 1. The predicted molar refractivity (Wildman–Crippen MR) is 137 cm³/mol. The van der Waals surface area contributed by atoms with E-state index in [1.54, 1.807) is 11.7 Å². The average Bonchev–Trinajstić information content (AvgIpc) is 3.52. The number of nitrogens with one attached hydrogen (secondary N) is 1. The number of methoxy groups -OCH3 is 1. The summed E-state index contributed by atoms with van der Waals surface area (Å²) >= 11 is 3.17. The van der Waals surface area contributed by atoms with Crippen molar-refractivity contribution in [2.45, 2.75) is 48.9 Å². The van der Waals surface area contributed by atoms with E-state index >= 15 is 0 Å². The van der Waals surface area contributed by atoms with E-state index in [0.717, 1.165) is 26.9 Å². The number of aromatic nitrogens is 1. The molecule has 2 bridgehead atoms. The first-order valence-electron chi connectivity index (χ1n) is 11.9. The third kappa shape index (κ3) is 3.60. The van der Waals surface area contributed by atoms with Crippen LogP contribution in [0.1, 0.15) is 41.2 Å². The van der Waals surface area contributed by atoms with E-state index in [0.29, 0.717) is 23.0 Å². The molecule has 1 aromatic heterocycles. The van der Waals surface area contributed by atoms with Gasteiger partial charge in [0.2, 0.25) is 5.91 Å². The number of anilines is 1. The van der Waals surface area contributed by atoms with Crippen molar-refractivity contribution in [1.29, 1.82) is 0 Å². The fourth-order valence-corrected chi connectivity index (χ4v) is 9.57. The molecule has 1 amide bonds. The molecule has 5 atom stereocenters. The van der Waals surface area contributed by atoms with Gasteiger partial charge in [-0.25, -0.2) is 0 Å². The first-order valence-corrected chi connectivity index (χ1v) is 13.6. The Morgan fingerprint density at radius 1 is 1.15 bits per heavy atom. The van der Waals surface area contributed by atoms with Crippen molar-refractivity contribution >= 4 is 34.7 Å². The van der Waals surface area contributed by atoms with Crippen molar-refractivity contribution < 1.29 is 9.53 Å². The van der Waals surface area contributed by atoms with Gasteiger partial charge in [0.15, 0.2) is 0 Å². The minimum Gasteiger partial charge on any atom is -0.496 e. The third-order valence-corrected chi connectivity index (χ3v) is 10.6. The predicted octanol–water partition coefficient (Wildman–Crippen LogP) is 5.52. The van der Waals surface area contributed by atoms with Crippen molar-refractivity contribution in [2.75, 3.05) is 12.4 Å². The Labute approximate surface area is 207 Å². The fourth-order valence-electron chi connectivity index (χ4n) is 6.43. The van der Waals surface area contributed by atoms with E-state index in [1.807, 2.05) is 55.1 Å². The molecule has 6 rings (SSSR count). The molecule has 2 aliphatic carbocycles. The van der Waals surface area contributed by atoms with E-state index in [-0.39, 0.29) is 23.2 Å². The zero-order chi connectivity index (χ0) is 23.4. The van der Waals surface area contributed by atoms with E-state index < -0.39 is 0 Å². The van der Waals surface area contributed by atoms with E-state index in [9.17, 15) is 9.59 Å². The van der Waals surface area contributed by atoms with Crippen LogP contribution in [0.2, 0.25) is 0 Å². The van der Waals surface area contributed by atoms with E-state index in [4.69, 9.17) is 4.74 Å². The van der Waals surface area contributed by atoms with Gasteiger partial charge in [0.05, 0.1) is 12.1 Å². The zero-order valence-electron chi connectivity index (χ0n) is 19.3. The number of thioether (sulfide) groups is 1. The Kier molecular flexibility index (Phi) is 5.57. The maximum Gasteiger partial charge on any atom is 0.308 e. The van der Waals surface area contributed by atoms with Crippen LogP contribution in [0.15, 0.2) is 58.4 Å². The molecule has 7 heteroatoms. The summed E-state index contributed by atoms with van der Waals surface area (Å²) in [5, 5.41) is 4.44. The molecular weight excluding hydrogens is 464 g/mol. The smallest absolute Gasteiger partial charge is 0.308 e. The summed E-state index contributed by atoms with van der Waals surface area (Å²) in [6.07, 6.45) is 3.83. The van der Waals surface area contributed by atoms with Gasteiger partial charge in [0.1, 0.15) is 12.3 Å². The molecule has 4 unspecified atom stereocenters. The van der Waals surface area contributed by atoms with Crippen molar-refractivity contribution in [1.82, 2.24) is 4.57 Å². The van der Waals surface area contributed by atoms with Gasteiger partial charge in [-0.2, -0.15) is 0 Å². The monoisotopic (exact) mass is 492 g/mol. The van der Waals surface area contributed by atoms with Crippen molar-refractivity contribution in [2.24, 2.45) is 17.8 Å². The Balaban J connectivity index is 1.39. The minimum atomic E-state index is -0.169. The molecule has 0 saturated heterocycles. The summed E-state index contributed by atoms with van der Waals surface area (Å²) in [7, 11) is 1.72. The van der Waals surface area contributed by atoms with Crippen LogP contribution in [0.25, 0.3) is 0 Å². The number of aryl methyl sites for hydroxylation is 1. The van der Waals surface area contributed by atoms with Crippen LogP contribution in [-0.2, 0) is 11.3 Å². The highest BCUT2D eigenvalue weighted by Gasteiger charge is 2.55. The summed E-state index contributed by atoms with van der Waals surface area (Å²) in [6.45, 7) is 2.03. The first kappa shape index (κ1) is 22.0. The topological polar surface area (TPSA) is 60.3 Å². The van der Waals surface area contributed by atoms with Crippen LogP contribution in [0.4, 0.5) is 5.69 Å². The van der Waals surface area contributed by atoms with Crippen LogP contribution >= 0.6 is 23.1 Å². The lowest BCUT2D eigenvalue weighted by atomic mass is 9.74. The van der Waals surface area contributed by atoms with Crippen LogP contribution in [0.3, 0.4) is 0 Å². The Hall–Kier alpha value is -2.51. The lowest BCUT2D eigenvalue weighted by Crippen LogP contribution is -2.35. The highest BCUT2D eigenvalue weighted by molar-refractivity contribution is 8.00. The summed E-state index contributed by atoms with van der Waals surface area (Å²) in [5.41, 5.74) is 3.02. The Morgan fingerprint density at radius 2 is 1.97 bits per heavy atom. The number of benzene rings is 2. The van der Waals surface area contributed by atoms with Gasteiger partial charge in [0.25, 0.3) is 0 Å². The number of carbonyl (C=O) groups excluding carboxylic acids is 1. The number of nitrogens with zero attached hydrogens (tertiary/aromatic N) is 1. The Morgan fingerprint density at radius 3 is 2.79 bits per heavy atom. The molecule has 1 N–H and O–H groups in total. The van der Waals surface area contributed by atoms with Crippen LogP contribution in [0.5, 0.6) is 5.75 Å². The van der Waals surface area contributed by atoms with Crippen LogP contribution < -0.4 is 14.9 Å². The fraction of sp³-hybridized carbons (Fsp3) is 0.407. The molecule has 2 heterocycles. The minimum absolute atomic E-state index is 0.0374. The lowest BCUT2D eigenvalue weighted by Gasteiger charge is -2.40. The van der Waals surface area contributed by atoms with Crippen molar-refractivity contribution in [3.05, 3.63) is 74.2 Å². The number of fused-ring (bicyclic) bond motifs is 6. The van der Waals surface area contributed by atoms with Gasteiger partial charge >= 0.3 is 4.87 Å².